The minimum Gasteiger partial charge on any atom is -0.465 e. The fourth-order valence-corrected chi connectivity index (χ4v) is 2.56. The average molecular weight is 354 g/mol. The van der Waals surface area contributed by atoms with Gasteiger partial charge in [0.15, 0.2) is 0 Å². The van der Waals surface area contributed by atoms with Crippen molar-refractivity contribution in [3.8, 4) is 0 Å². The lowest BCUT2D eigenvalue weighted by Gasteiger charge is -2.22. The van der Waals surface area contributed by atoms with Crippen LogP contribution in [0.5, 0.6) is 0 Å². The van der Waals surface area contributed by atoms with Crippen LogP contribution < -0.4 is 10.2 Å². The third-order valence-corrected chi connectivity index (χ3v) is 3.94. The number of para-hydroxylation sites is 1. The first-order valence-corrected chi connectivity index (χ1v) is 8.24. The molecular weight excluding hydrogens is 332 g/mol. The molecule has 0 spiro atoms. The molecule has 0 saturated heterocycles. The smallest absolute Gasteiger partial charge is 0.337 e. The zero-order valence-corrected chi connectivity index (χ0v) is 15.1. The number of hydrogen-bond donors (Lipinski definition) is 1. The van der Waals surface area contributed by atoms with Gasteiger partial charge in [-0.3, -0.25) is 9.59 Å². The summed E-state index contributed by atoms with van der Waals surface area (Å²) in [6.07, 6.45) is 0.159. The number of nitrogens with zero attached hydrogens (tertiary/aromatic N) is 1. The number of nitrogens with one attached hydrogen (secondary N) is 1. The molecule has 0 bridgehead atoms. The van der Waals surface area contributed by atoms with Crippen LogP contribution in [0.4, 0.5) is 11.4 Å². The number of methoxy groups -OCH3 is 1. The molecule has 26 heavy (non-hydrogen) atoms. The molecule has 2 amide bonds. The maximum absolute atomic E-state index is 12.2. The predicted molar refractivity (Wildman–Crippen MR) is 100 cm³/mol. The van der Waals surface area contributed by atoms with Gasteiger partial charge in [-0.15, -0.1) is 0 Å². The topological polar surface area (TPSA) is 75.7 Å². The summed E-state index contributed by atoms with van der Waals surface area (Å²) < 4.78 is 4.63. The predicted octanol–water partition coefficient (Wildman–Crippen LogP) is 3.16. The van der Waals surface area contributed by atoms with Crippen molar-refractivity contribution in [1.82, 2.24) is 0 Å². The lowest BCUT2D eigenvalue weighted by Crippen LogP contribution is -2.32. The molecule has 0 aromatic heterocycles. The lowest BCUT2D eigenvalue weighted by molar-refractivity contribution is -0.117. The molecule has 0 radical (unpaired) electrons. The number of carbonyl (C=O) groups is 3. The van der Waals surface area contributed by atoms with Gasteiger partial charge in [0.2, 0.25) is 11.8 Å². The molecule has 0 atom stereocenters. The van der Waals surface area contributed by atoms with Crippen molar-refractivity contribution >= 4 is 29.2 Å². The molecule has 0 fully saturated rings. The Morgan fingerprint density at radius 1 is 1.04 bits per heavy atom. The first kappa shape index (κ1) is 19.2. The number of amides is 2. The van der Waals surface area contributed by atoms with Crippen molar-refractivity contribution in [3.05, 3.63) is 59.7 Å². The summed E-state index contributed by atoms with van der Waals surface area (Å²) in [7, 11) is 1.31. The highest BCUT2D eigenvalue weighted by Gasteiger charge is 2.15. The van der Waals surface area contributed by atoms with Crippen LogP contribution in [0, 0.1) is 6.92 Å². The summed E-state index contributed by atoms with van der Waals surface area (Å²) in [5.74, 6) is -0.761. The Morgan fingerprint density at radius 2 is 1.69 bits per heavy atom. The van der Waals surface area contributed by atoms with Crippen molar-refractivity contribution in [2.24, 2.45) is 0 Å². The summed E-state index contributed by atoms with van der Waals surface area (Å²) in [4.78, 5) is 37.1. The molecule has 2 rings (SSSR count). The van der Waals surface area contributed by atoms with Crippen molar-refractivity contribution in [2.45, 2.75) is 20.3 Å². The SMILES string of the molecule is COC(=O)c1ccc(NC(=O)CCN(C(C)=O)c2ccccc2C)cc1. The monoisotopic (exact) mass is 354 g/mol. The summed E-state index contributed by atoms with van der Waals surface area (Å²) in [5.41, 5.74) is 2.76. The van der Waals surface area contributed by atoms with E-state index in [9.17, 15) is 14.4 Å². The molecule has 6 heteroatoms. The maximum atomic E-state index is 12.2. The molecule has 136 valence electrons. The maximum Gasteiger partial charge on any atom is 0.337 e. The molecular formula is C20H22N2O4. The number of esters is 1. The molecule has 6 nitrogen and oxygen atoms in total. The highest BCUT2D eigenvalue weighted by Crippen LogP contribution is 2.20. The van der Waals surface area contributed by atoms with E-state index < -0.39 is 5.97 Å². The lowest BCUT2D eigenvalue weighted by atomic mass is 10.1. The highest BCUT2D eigenvalue weighted by atomic mass is 16.5. The number of hydrogen-bond acceptors (Lipinski definition) is 4. The molecule has 0 heterocycles. The van der Waals surface area contributed by atoms with E-state index in [1.54, 1.807) is 29.2 Å². The number of carbonyl (C=O) groups excluding carboxylic acids is 3. The molecule has 2 aromatic carbocycles. The van der Waals surface area contributed by atoms with E-state index >= 15 is 0 Å². The number of aryl methyl sites for hydroxylation is 1. The third kappa shape index (κ3) is 4.92. The van der Waals surface area contributed by atoms with Crippen LogP contribution in [0.15, 0.2) is 48.5 Å². The molecule has 2 aromatic rings. The van der Waals surface area contributed by atoms with Gasteiger partial charge in [0.05, 0.1) is 12.7 Å². The zero-order valence-electron chi connectivity index (χ0n) is 15.1. The van der Waals surface area contributed by atoms with Crippen molar-refractivity contribution in [2.75, 3.05) is 23.9 Å². The first-order chi connectivity index (χ1) is 12.4. The van der Waals surface area contributed by atoms with E-state index in [1.165, 1.54) is 14.0 Å². The minimum absolute atomic E-state index is 0.116. The van der Waals surface area contributed by atoms with Crippen molar-refractivity contribution in [3.63, 3.8) is 0 Å². The Kier molecular flexibility index (Phi) is 6.49. The quantitative estimate of drug-likeness (QED) is 0.809. The van der Waals surface area contributed by atoms with Gasteiger partial charge in [-0.1, -0.05) is 18.2 Å². The van der Waals surface area contributed by atoms with Gasteiger partial charge in [-0.25, -0.2) is 4.79 Å². The van der Waals surface area contributed by atoms with Gasteiger partial charge >= 0.3 is 5.97 Å². The standard InChI is InChI=1S/C20H22N2O4/c1-14-6-4-5-7-18(14)22(15(2)23)13-12-19(24)21-17-10-8-16(9-11-17)20(25)26-3/h4-11H,12-13H2,1-3H3,(H,21,24). The van der Waals surface area contributed by atoms with Crippen LogP contribution >= 0.6 is 0 Å². The molecule has 0 unspecified atom stereocenters. The minimum atomic E-state index is -0.432. The largest absolute Gasteiger partial charge is 0.465 e. The second kappa shape index (κ2) is 8.80. The Hall–Kier alpha value is -3.15. The second-order valence-corrected chi connectivity index (χ2v) is 5.82. The number of anilines is 2. The van der Waals surface area contributed by atoms with Gasteiger partial charge in [-0.05, 0) is 42.8 Å². The number of rotatable bonds is 6. The Bertz CT molecular complexity index is 800. The molecule has 0 aliphatic heterocycles. The van der Waals surface area contributed by atoms with Crippen LogP contribution in [-0.2, 0) is 14.3 Å². The van der Waals surface area contributed by atoms with Crippen LogP contribution in [0.2, 0.25) is 0 Å². The van der Waals surface area contributed by atoms with Crippen LogP contribution in [0.25, 0.3) is 0 Å². The van der Waals surface area contributed by atoms with Gasteiger partial charge in [0.1, 0.15) is 0 Å². The summed E-state index contributed by atoms with van der Waals surface area (Å²) >= 11 is 0. The number of ether oxygens (including phenoxy) is 1. The zero-order chi connectivity index (χ0) is 19.1. The summed E-state index contributed by atoms with van der Waals surface area (Å²) in [6, 6.07) is 14.0. The van der Waals surface area contributed by atoms with E-state index in [1.807, 2.05) is 31.2 Å². The average Bonchev–Trinajstić information content (AvgIpc) is 2.63. The Morgan fingerprint density at radius 3 is 2.27 bits per heavy atom. The Labute approximate surface area is 152 Å². The summed E-state index contributed by atoms with van der Waals surface area (Å²) in [6.45, 7) is 3.69. The van der Waals surface area contributed by atoms with Crippen molar-refractivity contribution < 1.29 is 19.1 Å². The van der Waals surface area contributed by atoms with E-state index in [0.717, 1.165) is 11.3 Å². The highest BCUT2D eigenvalue weighted by molar-refractivity contribution is 5.95. The van der Waals surface area contributed by atoms with E-state index in [-0.39, 0.29) is 24.8 Å². The number of benzene rings is 2. The van der Waals surface area contributed by atoms with Gasteiger partial charge in [-0.2, -0.15) is 0 Å². The second-order valence-electron chi connectivity index (χ2n) is 5.82. The van der Waals surface area contributed by atoms with E-state index in [4.69, 9.17) is 0 Å². The van der Waals surface area contributed by atoms with Crippen LogP contribution in [-0.4, -0.2) is 31.4 Å². The van der Waals surface area contributed by atoms with Crippen molar-refractivity contribution in [1.29, 1.82) is 0 Å². The summed E-state index contributed by atoms with van der Waals surface area (Å²) in [5, 5.41) is 2.76. The normalized spacial score (nSPS) is 10.1. The molecule has 0 aliphatic rings. The van der Waals surface area contributed by atoms with Gasteiger partial charge < -0.3 is 15.0 Å². The van der Waals surface area contributed by atoms with E-state index in [0.29, 0.717) is 11.3 Å². The fourth-order valence-electron chi connectivity index (χ4n) is 2.56. The Balaban J connectivity index is 1.97. The van der Waals surface area contributed by atoms with Crippen LogP contribution in [0.1, 0.15) is 29.3 Å². The van der Waals surface area contributed by atoms with Gasteiger partial charge in [0.25, 0.3) is 0 Å². The first-order valence-electron chi connectivity index (χ1n) is 8.24. The molecule has 1 N–H and O–H groups in total. The molecule has 0 aliphatic carbocycles. The van der Waals surface area contributed by atoms with Crippen LogP contribution in [0.3, 0.4) is 0 Å². The third-order valence-electron chi connectivity index (χ3n) is 3.94. The fraction of sp³-hybridized carbons (Fsp3) is 0.250. The molecule has 0 saturated carbocycles. The van der Waals surface area contributed by atoms with Gasteiger partial charge in [0, 0.05) is 31.3 Å². The van der Waals surface area contributed by atoms with E-state index in [2.05, 4.69) is 10.1 Å².